The number of hydrogen-bond donors (Lipinski definition) is 1. The van der Waals surface area contributed by atoms with E-state index >= 15 is 0 Å². The van der Waals surface area contributed by atoms with Gasteiger partial charge in [0.2, 0.25) is 11.8 Å². The summed E-state index contributed by atoms with van der Waals surface area (Å²) in [5.41, 5.74) is 2.79. The normalized spacial score (nSPS) is 15.5. The van der Waals surface area contributed by atoms with Crippen LogP contribution in [0.25, 0.3) is 0 Å². The summed E-state index contributed by atoms with van der Waals surface area (Å²) in [4.78, 5) is 28.1. The highest BCUT2D eigenvalue weighted by atomic mass is 35.5. The van der Waals surface area contributed by atoms with Crippen molar-refractivity contribution in [1.82, 2.24) is 10.2 Å². The number of alkyl halides is 1. The minimum Gasteiger partial charge on any atom is -0.497 e. The van der Waals surface area contributed by atoms with Crippen LogP contribution in [-0.4, -0.2) is 35.7 Å². The van der Waals surface area contributed by atoms with E-state index in [1.54, 1.807) is 12.0 Å². The van der Waals surface area contributed by atoms with Crippen molar-refractivity contribution in [3.8, 4) is 5.75 Å². The number of hydrogen-bond acceptors (Lipinski definition) is 3. The van der Waals surface area contributed by atoms with Crippen LogP contribution in [0.5, 0.6) is 5.75 Å². The number of nitrogens with zero attached hydrogens (tertiary/aromatic N) is 1. The number of amides is 2. The highest BCUT2D eigenvalue weighted by Gasteiger charge is 2.32. The molecule has 1 fully saturated rings. The van der Waals surface area contributed by atoms with Crippen molar-refractivity contribution >= 4 is 23.4 Å². The zero-order valence-electron chi connectivity index (χ0n) is 19.0. The summed E-state index contributed by atoms with van der Waals surface area (Å²) in [6.07, 6.45) is 6.62. The first-order valence-electron chi connectivity index (χ1n) is 11.4. The van der Waals surface area contributed by atoms with E-state index in [-0.39, 0.29) is 30.3 Å². The third kappa shape index (κ3) is 6.49. The van der Waals surface area contributed by atoms with E-state index in [0.29, 0.717) is 0 Å². The van der Waals surface area contributed by atoms with Crippen LogP contribution in [0.2, 0.25) is 0 Å². The molecule has 0 heterocycles. The van der Waals surface area contributed by atoms with Gasteiger partial charge in [0.15, 0.2) is 0 Å². The molecule has 0 bridgehead atoms. The first kappa shape index (κ1) is 24.1. The molecule has 0 unspecified atom stereocenters. The van der Waals surface area contributed by atoms with Crippen LogP contribution in [0.1, 0.15) is 61.3 Å². The third-order valence-corrected chi connectivity index (χ3v) is 6.33. The molecule has 1 saturated carbocycles. The molecule has 172 valence electrons. The van der Waals surface area contributed by atoms with E-state index in [1.165, 1.54) is 12.8 Å². The molecule has 1 N–H and O–H groups in total. The van der Waals surface area contributed by atoms with Crippen LogP contribution in [0.3, 0.4) is 0 Å². The van der Waals surface area contributed by atoms with Gasteiger partial charge in [0.05, 0.1) is 7.11 Å². The molecular formula is C26H33ClN2O3. The Morgan fingerprint density at radius 1 is 1.03 bits per heavy atom. The van der Waals surface area contributed by atoms with Crippen molar-refractivity contribution in [2.45, 2.75) is 64.1 Å². The Labute approximate surface area is 196 Å². The molecule has 1 aliphatic rings. The fraction of sp³-hybridized carbons (Fsp3) is 0.462. The highest BCUT2D eigenvalue weighted by molar-refractivity contribution is 6.27. The van der Waals surface area contributed by atoms with Crippen LogP contribution in [-0.2, 0) is 16.1 Å². The highest BCUT2D eigenvalue weighted by Crippen LogP contribution is 2.27. The standard InChI is InChI=1S/C26H33ClN2O3/c1-19-9-13-21(14-10-19)25(26(31)28-22-7-5-3-4-6-8-22)29(24(30)17-27)18-20-11-15-23(32-2)16-12-20/h9-16,22,25H,3-8,17-18H2,1-2H3,(H,28,31)/t25-/m0/s1. The quantitative estimate of drug-likeness (QED) is 0.441. The average molecular weight is 457 g/mol. The molecule has 0 aliphatic heterocycles. The summed E-state index contributed by atoms with van der Waals surface area (Å²) in [5.74, 6) is 0.136. The van der Waals surface area contributed by atoms with Gasteiger partial charge in [-0.2, -0.15) is 0 Å². The molecule has 0 saturated heterocycles. The lowest BCUT2D eigenvalue weighted by atomic mass is 10.0. The number of carbonyl (C=O) groups is 2. The van der Waals surface area contributed by atoms with Crippen LogP contribution in [0.15, 0.2) is 48.5 Å². The molecule has 0 spiro atoms. The third-order valence-electron chi connectivity index (χ3n) is 6.10. The number of halogens is 1. The van der Waals surface area contributed by atoms with Gasteiger partial charge in [-0.3, -0.25) is 9.59 Å². The lowest BCUT2D eigenvalue weighted by Gasteiger charge is -2.32. The molecule has 1 atom stereocenters. The zero-order chi connectivity index (χ0) is 22.9. The van der Waals surface area contributed by atoms with Gasteiger partial charge in [-0.15, -0.1) is 11.6 Å². The van der Waals surface area contributed by atoms with Gasteiger partial charge < -0.3 is 15.0 Å². The number of carbonyl (C=O) groups excluding carboxylic acids is 2. The Morgan fingerprint density at radius 3 is 2.22 bits per heavy atom. The lowest BCUT2D eigenvalue weighted by molar-refractivity contribution is -0.140. The maximum atomic E-state index is 13.6. The summed E-state index contributed by atoms with van der Waals surface area (Å²) < 4.78 is 5.24. The largest absolute Gasteiger partial charge is 0.497 e. The summed E-state index contributed by atoms with van der Waals surface area (Å²) in [6, 6.07) is 14.7. The second kappa shape index (κ2) is 11.9. The van der Waals surface area contributed by atoms with E-state index in [1.807, 2.05) is 55.5 Å². The molecule has 2 aromatic rings. The van der Waals surface area contributed by atoms with Crippen molar-refractivity contribution in [2.24, 2.45) is 0 Å². The van der Waals surface area contributed by atoms with Crippen molar-refractivity contribution in [1.29, 1.82) is 0 Å². The first-order valence-corrected chi connectivity index (χ1v) is 11.9. The van der Waals surface area contributed by atoms with Gasteiger partial charge >= 0.3 is 0 Å². The summed E-state index contributed by atoms with van der Waals surface area (Å²) in [5, 5.41) is 3.24. The van der Waals surface area contributed by atoms with E-state index in [2.05, 4.69) is 5.32 Å². The summed E-state index contributed by atoms with van der Waals surface area (Å²) in [7, 11) is 1.61. The molecule has 5 nitrogen and oxygen atoms in total. The Kier molecular flexibility index (Phi) is 8.98. The first-order chi connectivity index (χ1) is 15.5. The fourth-order valence-corrected chi connectivity index (χ4v) is 4.41. The number of methoxy groups -OCH3 is 1. The minimum absolute atomic E-state index is 0.145. The molecule has 0 aromatic heterocycles. The van der Waals surface area contributed by atoms with Crippen molar-refractivity contribution in [3.05, 3.63) is 65.2 Å². The van der Waals surface area contributed by atoms with Crippen molar-refractivity contribution in [3.63, 3.8) is 0 Å². The number of rotatable bonds is 8. The van der Waals surface area contributed by atoms with Crippen LogP contribution < -0.4 is 10.1 Å². The average Bonchev–Trinajstić information content (AvgIpc) is 3.08. The van der Waals surface area contributed by atoms with Gasteiger partial charge in [-0.1, -0.05) is 67.6 Å². The maximum absolute atomic E-state index is 13.6. The van der Waals surface area contributed by atoms with Gasteiger partial charge in [0, 0.05) is 12.6 Å². The Bertz CT molecular complexity index is 875. The van der Waals surface area contributed by atoms with E-state index < -0.39 is 6.04 Å². The smallest absolute Gasteiger partial charge is 0.247 e. The molecule has 32 heavy (non-hydrogen) atoms. The molecule has 2 amide bonds. The molecule has 0 radical (unpaired) electrons. The molecular weight excluding hydrogens is 424 g/mol. The Hall–Kier alpha value is -2.53. The second-order valence-electron chi connectivity index (χ2n) is 8.51. The van der Waals surface area contributed by atoms with Crippen molar-refractivity contribution < 1.29 is 14.3 Å². The Balaban J connectivity index is 1.91. The van der Waals surface area contributed by atoms with E-state index in [9.17, 15) is 9.59 Å². The van der Waals surface area contributed by atoms with Crippen LogP contribution >= 0.6 is 11.6 Å². The van der Waals surface area contributed by atoms with Gasteiger partial charge in [-0.05, 0) is 43.0 Å². The summed E-state index contributed by atoms with van der Waals surface area (Å²) in [6.45, 7) is 2.29. The molecule has 6 heteroatoms. The van der Waals surface area contributed by atoms with E-state index in [4.69, 9.17) is 16.3 Å². The SMILES string of the molecule is COc1ccc(CN(C(=O)CCl)[C@H](C(=O)NC2CCCCCC2)c2ccc(C)cc2)cc1. The topological polar surface area (TPSA) is 58.6 Å². The molecule has 1 aliphatic carbocycles. The van der Waals surface area contributed by atoms with Crippen LogP contribution in [0, 0.1) is 6.92 Å². The maximum Gasteiger partial charge on any atom is 0.247 e. The summed E-state index contributed by atoms with van der Waals surface area (Å²) >= 11 is 5.99. The molecule has 2 aromatic carbocycles. The monoisotopic (exact) mass is 456 g/mol. The Morgan fingerprint density at radius 2 is 1.66 bits per heavy atom. The second-order valence-corrected chi connectivity index (χ2v) is 8.78. The number of ether oxygens (including phenoxy) is 1. The zero-order valence-corrected chi connectivity index (χ0v) is 19.7. The predicted octanol–water partition coefficient (Wildman–Crippen LogP) is 5.15. The number of nitrogens with one attached hydrogen (secondary N) is 1. The van der Waals surface area contributed by atoms with Crippen molar-refractivity contribution in [2.75, 3.05) is 13.0 Å². The number of aryl methyl sites for hydroxylation is 1. The van der Waals surface area contributed by atoms with Crippen LogP contribution in [0.4, 0.5) is 0 Å². The van der Waals surface area contributed by atoms with Gasteiger partial charge in [-0.25, -0.2) is 0 Å². The predicted molar refractivity (Wildman–Crippen MR) is 128 cm³/mol. The van der Waals surface area contributed by atoms with Gasteiger partial charge in [0.1, 0.15) is 17.7 Å². The fourth-order valence-electron chi connectivity index (χ4n) is 4.25. The lowest BCUT2D eigenvalue weighted by Crippen LogP contribution is -2.46. The molecule has 3 rings (SSSR count). The minimum atomic E-state index is -0.743. The van der Waals surface area contributed by atoms with E-state index in [0.717, 1.165) is 48.1 Å². The van der Waals surface area contributed by atoms with Gasteiger partial charge in [0.25, 0.3) is 0 Å². The number of benzene rings is 2.